The molecule has 0 spiro atoms. The molecular weight excluding hydrogens is 279 g/mol. The second-order valence-electron chi connectivity index (χ2n) is 4.30. The molecule has 3 aromatic rings. The molecule has 0 unspecified atom stereocenters. The van der Waals surface area contributed by atoms with Gasteiger partial charge in [0, 0.05) is 11.6 Å². The summed E-state index contributed by atoms with van der Waals surface area (Å²) >= 11 is 5.81. The average molecular weight is 289 g/mol. The number of hydrogen-bond donors (Lipinski definition) is 2. The van der Waals surface area contributed by atoms with E-state index in [2.05, 4.69) is 10.3 Å². The summed E-state index contributed by atoms with van der Waals surface area (Å²) in [6, 6.07) is 11.6. The van der Waals surface area contributed by atoms with Crippen molar-refractivity contribution < 1.29 is 9.18 Å². The predicted octanol–water partition coefficient (Wildman–Crippen LogP) is 4.21. The molecule has 100 valence electrons. The van der Waals surface area contributed by atoms with Crippen molar-refractivity contribution >= 4 is 34.1 Å². The zero-order chi connectivity index (χ0) is 14.1. The number of aromatic amines is 1. The third-order valence-corrected chi connectivity index (χ3v) is 3.42. The first-order chi connectivity index (χ1) is 9.66. The van der Waals surface area contributed by atoms with E-state index in [9.17, 15) is 9.18 Å². The van der Waals surface area contributed by atoms with Crippen molar-refractivity contribution in [1.82, 2.24) is 4.98 Å². The van der Waals surface area contributed by atoms with E-state index in [1.165, 1.54) is 18.2 Å². The van der Waals surface area contributed by atoms with Gasteiger partial charge in [-0.1, -0.05) is 29.8 Å². The lowest BCUT2D eigenvalue weighted by atomic mass is 10.2. The van der Waals surface area contributed by atoms with Crippen molar-refractivity contribution in [2.24, 2.45) is 0 Å². The van der Waals surface area contributed by atoms with E-state index in [1.807, 2.05) is 18.2 Å². The maximum Gasteiger partial charge on any atom is 0.257 e. The predicted molar refractivity (Wildman–Crippen MR) is 77.7 cm³/mol. The highest BCUT2D eigenvalue weighted by molar-refractivity contribution is 6.34. The number of anilines is 1. The van der Waals surface area contributed by atoms with E-state index in [-0.39, 0.29) is 10.6 Å². The molecule has 2 N–H and O–H groups in total. The fraction of sp³-hybridized carbons (Fsp3) is 0. The van der Waals surface area contributed by atoms with Gasteiger partial charge in [-0.3, -0.25) is 4.79 Å². The molecule has 0 fully saturated rings. The topological polar surface area (TPSA) is 44.9 Å². The summed E-state index contributed by atoms with van der Waals surface area (Å²) in [6.07, 6.45) is 1.79. The van der Waals surface area contributed by atoms with Crippen LogP contribution in [0, 0.1) is 5.82 Å². The molecule has 0 saturated carbocycles. The molecular formula is C15H10ClFN2O. The Kier molecular flexibility index (Phi) is 3.16. The van der Waals surface area contributed by atoms with E-state index in [0.29, 0.717) is 5.69 Å². The fourth-order valence-electron chi connectivity index (χ4n) is 2.06. The number of rotatable bonds is 2. The highest BCUT2D eigenvalue weighted by atomic mass is 35.5. The first-order valence-corrected chi connectivity index (χ1v) is 6.36. The van der Waals surface area contributed by atoms with Gasteiger partial charge in [-0.25, -0.2) is 4.39 Å². The lowest BCUT2D eigenvalue weighted by Crippen LogP contribution is -2.13. The van der Waals surface area contributed by atoms with E-state index in [0.717, 1.165) is 10.9 Å². The van der Waals surface area contributed by atoms with Gasteiger partial charge in [0.2, 0.25) is 0 Å². The van der Waals surface area contributed by atoms with Crippen LogP contribution in [0.5, 0.6) is 0 Å². The first-order valence-electron chi connectivity index (χ1n) is 5.98. The highest BCUT2D eigenvalue weighted by Crippen LogP contribution is 2.24. The molecule has 0 bridgehead atoms. The van der Waals surface area contributed by atoms with Gasteiger partial charge in [-0.05, 0) is 24.3 Å². The number of benzene rings is 2. The number of amides is 1. The van der Waals surface area contributed by atoms with Gasteiger partial charge < -0.3 is 10.3 Å². The molecule has 3 nitrogen and oxygen atoms in total. The van der Waals surface area contributed by atoms with E-state index >= 15 is 0 Å². The van der Waals surface area contributed by atoms with Crippen LogP contribution in [0.15, 0.2) is 48.7 Å². The third-order valence-electron chi connectivity index (χ3n) is 3.03. The normalized spacial score (nSPS) is 10.7. The summed E-state index contributed by atoms with van der Waals surface area (Å²) in [7, 11) is 0. The van der Waals surface area contributed by atoms with Crippen LogP contribution in [-0.4, -0.2) is 10.9 Å². The molecule has 5 heteroatoms. The van der Waals surface area contributed by atoms with Crippen molar-refractivity contribution in [1.29, 1.82) is 0 Å². The van der Waals surface area contributed by atoms with Crippen LogP contribution < -0.4 is 5.32 Å². The summed E-state index contributed by atoms with van der Waals surface area (Å²) in [5.41, 5.74) is 1.54. The monoisotopic (exact) mass is 288 g/mol. The van der Waals surface area contributed by atoms with Crippen molar-refractivity contribution in [2.45, 2.75) is 0 Å². The molecule has 20 heavy (non-hydrogen) atoms. The number of nitrogens with one attached hydrogen (secondary N) is 2. The van der Waals surface area contributed by atoms with Crippen LogP contribution in [0.3, 0.4) is 0 Å². The van der Waals surface area contributed by atoms with E-state index < -0.39 is 11.7 Å². The van der Waals surface area contributed by atoms with Crippen LogP contribution >= 0.6 is 11.6 Å². The average Bonchev–Trinajstić information content (AvgIpc) is 2.91. The second kappa shape index (κ2) is 4.98. The maximum atomic E-state index is 13.4. The Balaban J connectivity index is 1.97. The Hall–Kier alpha value is -2.33. The number of aromatic nitrogens is 1. The van der Waals surface area contributed by atoms with E-state index in [1.54, 1.807) is 12.3 Å². The fourth-order valence-corrected chi connectivity index (χ4v) is 2.27. The maximum absolute atomic E-state index is 13.4. The zero-order valence-electron chi connectivity index (χ0n) is 10.3. The molecule has 0 atom stereocenters. The number of halogens is 2. The highest BCUT2D eigenvalue weighted by Gasteiger charge is 2.14. The van der Waals surface area contributed by atoms with Gasteiger partial charge in [0.1, 0.15) is 5.82 Å². The van der Waals surface area contributed by atoms with Gasteiger partial charge in [0.15, 0.2) is 0 Å². The minimum atomic E-state index is -0.614. The Morgan fingerprint density at radius 1 is 1.15 bits per heavy atom. The van der Waals surface area contributed by atoms with Crippen LogP contribution in [0.2, 0.25) is 5.02 Å². The molecule has 0 aliphatic heterocycles. The summed E-state index contributed by atoms with van der Waals surface area (Å²) in [4.78, 5) is 15.2. The summed E-state index contributed by atoms with van der Waals surface area (Å²) < 4.78 is 13.4. The summed E-state index contributed by atoms with van der Waals surface area (Å²) in [5.74, 6) is -1.06. The summed E-state index contributed by atoms with van der Waals surface area (Å²) in [5, 5.41) is 3.54. The molecule has 3 rings (SSSR count). The molecule has 0 aliphatic carbocycles. The second-order valence-corrected chi connectivity index (χ2v) is 4.68. The number of para-hydroxylation sites is 1. The molecule has 1 aromatic heterocycles. The molecule has 0 saturated heterocycles. The van der Waals surface area contributed by atoms with Gasteiger partial charge in [-0.2, -0.15) is 0 Å². The summed E-state index contributed by atoms with van der Waals surface area (Å²) in [6.45, 7) is 0. The molecule has 0 radical (unpaired) electrons. The zero-order valence-corrected chi connectivity index (χ0v) is 11.0. The van der Waals surface area contributed by atoms with Crippen LogP contribution in [-0.2, 0) is 0 Å². The van der Waals surface area contributed by atoms with E-state index in [4.69, 9.17) is 11.6 Å². The Morgan fingerprint density at radius 2 is 1.95 bits per heavy atom. The van der Waals surface area contributed by atoms with Crippen LogP contribution in [0.1, 0.15) is 10.4 Å². The smallest absolute Gasteiger partial charge is 0.257 e. The van der Waals surface area contributed by atoms with Crippen molar-refractivity contribution in [3.8, 4) is 0 Å². The largest absolute Gasteiger partial charge is 0.359 e. The van der Waals surface area contributed by atoms with Gasteiger partial charge >= 0.3 is 0 Å². The van der Waals surface area contributed by atoms with Crippen molar-refractivity contribution in [3.63, 3.8) is 0 Å². The standard InChI is InChI=1S/C15H10ClFN2O/c16-13-10(4-2-5-11(13)17)15(20)19-12-6-1-3-9-7-8-18-14(9)12/h1-8,18H,(H,19,20). The lowest BCUT2D eigenvalue weighted by molar-refractivity contribution is 0.102. The quantitative estimate of drug-likeness (QED) is 0.729. The number of fused-ring (bicyclic) bond motifs is 1. The minimum Gasteiger partial charge on any atom is -0.359 e. The SMILES string of the molecule is O=C(Nc1cccc2cc[nH]c12)c1cccc(F)c1Cl. The third kappa shape index (κ3) is 2.14. The Bertz CT molecular complexity index is 797. The Morgan fingerprint density at radius 3 is 2.80 bits per heavy atom. The van der Waals surface area contributed by atoms with Crippen LogP contribution in [0.4, 0.5) is 10.1 Å². The number of hydrogen-bond acceptors (Lipinski definition) is 1. The first kappa shape index (κ1) is 12.7. The Labute approximate surface area is 119 Å². The number of carbonyl (C=O) groups is 1. The van der Waals surface area contributed by atoms with Gasteiger partial charge in [0.05, 0.1) is 21.8 Å². The van der Waals surface area contributed by atoms with Crippen molar-refractivity contribution in [3.05, 3.63) is 65.1 Å². The van der Waals surface area contributed by atoms with Crippen molar-refractivity contribution in [2.75, 3.05) is 5.32 Å². The molecule has 0 aliphatic rings. The minimum absolute atomic E-state index is 0.107. The van der Waals surface area contributed by atoms with Crippen LogP contribution in [0.25, 0.3) is 10.9 Å². The molecule has 1 heterocycles. The number of carbonyl (C=O) groups excluding carboxylic acids is 1. The van der Waals surface area contributed by atoms with Gasteiger partial charge in [0.25, 0.3) is 5.91 Å². The molecule has 1 amide bonds. The lowest BCUT2D eigenvalue weighted by Gasteiger charge is -2.08. The molecule has 2 aromatic carbocycles. The number of H-pyrrole nitrogens is 1. The van der Waals surface area contributed by atoms with Gasteiger partial charge in [-0.15, -0.1) is 0 Å².